The molecule has 0 spiro atoms. The van der Waals surface area contributed by atoms with Gasteiger partial charge in [-0.3, -0.25) is 9.59 Å². The van der Waals surface area contributed by atoms with Crippen LogP contribution in [0.1, 0.15) is 37.6 Å². The first kappa shape index (κ1) is 23.0. The fraction of sp³-hybridized carbons (Fsp3) is 0.292. The molecule has 2 aromatic heterocycles. The first-order chi connectivity index (χ1) is 14.9. The number of benzene rings is 1. The number of primary amides is 1. The Bertz CT molecular complexity index is 1050. The summed E-state index contributed by atoms with van der Waals surface area (Å²) in [6.07, 6.45) is 0.788. The van der Waals surface area contributed by atoms with Crippen molar-refractivity contribution in [3.8, 4) is 0 Å². The van der Waals surface area contributed by atoms with Gasteiger partial charge in [0.15, 0.2) is 0 Å². The molecule has 0 bridgehead atoms. The van der Waals surface area contributed by atoms with Gasteiger partial charge in [-0.25, -0.2) is 4.98 Å². The van der Waals surface area contributed by atoms with Crippen molar-refractivity contribution in [3.05, 3.63) is 80.7 Å². The van der Waals surface area contributed by atoms with Crippen LogP contribution in [0.15, 0.2) is 52.9 Å². The van der Waals surface area contributed by atoms with Gasteiger partial charge in [0.05, 0.1) is 17.9 Å². The molecule has 162 valence electrons. The molecule has 2 heterocycles. The standard InChI is InChI=1S/C24H27N3O2S2/c1-16-17(2)22(23(25)29)24(26-18(16)3)31-15-21(28)27(14-20-10-7-13-30-20)12-11-19-8-5-4-6-9-19/h4-10,13H,11-12,14-15H2,1-3H3,(H2,25,29). The van der Waals surface area contributed by atoms with E-state index in [1.165, 1.54) is 17.3 Å². The number of amides is 2. The Kier molecular flexibility index (Phi) is 7.87. The van der Waals surface area contributed by atoms with E-state index in [-0.39, 0.29) is 11.7 Å². The van der Waals surface area contributed by atoms with Crippen molar-refractivity contribution in [2.24, 2.45) is 5.73 Å². The zero-order chi connectivity index (χ0) is 22.4. The summed E-state index contributed by atoms with van der Waals surface area (Å²) in [6.45, 7) is 6.91. The maximum atomic E-state index is 13.1. The molecule has 5 nitrogen and oxygen atoms in total. The number of nitrogens with zero attached hydrogens (tertiary/aromatic N) is 2. The minimum absolute atomic E-state index is 0.0161. The number of carbonyl (C=O) groups excluding carboxylic acids is 2. The number of aromatic nitrogens is 1. The van der Waals surface area contributed by atoms with Crippen LogP contribution in [0.3, 0.4) is 0 Å². The molecule has 2 N–H and O–H groups in total. The average Bonchev–Trinajstić information content (AvgIpc) is 3.26. The lowest BCUT2D eigenvalue weighted by atomic mass is 10.0. The number of rotatable bonds is 9. The molecular formula is C24H27N3O2S2. The minimum Gasteiger partial charge on any atom is -0.366 e. The lowest BCUT2D eigenvalue weighted by Crippen LogP contribution is -2.33. The summed E-state index contributed by atoms with van der Waals surface area (Å²) in [5, 5.41) is 2.55. The van der Waals surface area contributed by atoms with Crippen LogP contribution in [0.25, 0.3) is 0 Å². The third kappa shape index (κ3) is 5.95. The number of hydrogen-bond acceptors (Lipinski definition) is 5. The number of aryl methyl sites for hydroxylation is 1. The lowest BCUT2D eigenvalue weighted by molar-refractivity contribution is -0.128. The molecule has 1 aromatic carbocycles. The van der Waals surface area contributed by atoms with Gasteiger partial charge in [0.2, 0.25) is 5.91 Å². The van der Waals surface area contributed by atoms with Crippen molar-refractivity contribution in [3.63, 3.8) is 0 Å². The molecule has 7 heteroatoms. The van der Waals surface area contributed by atoms with Gasteiger partial charge in [-0.1, -0.05) is 48.2 Å². The Morgan fingerprint density at radius 3 is 2.45 bits per heavy atom. The van der Waals surface area contributed by atoms with E-state index in [4.69, 9.17) is 5.73 Å². The van der Waals surface area contributed by atoms with Crippen LogP contribution in [0.2, 0.25) is 0 Å². The normalized spacial score (nSPS) is 10.8. The molecule has 0 unspecified atom stereocenters. The summed E-state index contributed by atoms with van der Waals surface area (Å²) in [5.41, 5.74) is 9.85. The summed E-state index contributed by atoms with van der Waals surface area (Å²) in [6, 6.07) is 14.2. The molecule has 0 saturated heterocycles. The number of thiophene rings is 1. The molecule has 0 aliphatic heterocycles. The number of carbonyl (C=O) groups is 2. The van der Waals surface area contributed by atoms with E-state index in [1.807, 2.05) is 61.4 Å². The Balaban J connectivity index is 1.75. The van der Waals surface area contributed by atoms with Crippen molar-refractivity contribution >= 4 is 34.9 Å². The maximum Gasteiger partial charge on any atom is 0.251 e. The van der Waals surface area contributed by atoms with Crippen LogP contribution >= 0.6 is 23.1 Å². The average molecular weight is 454 g/mol. The van der Waals surface area contributed by atoms with E-state index < -0.39 is 5.91 Å². The van der Waals surface area contributed by atoms with Crippen molar-refractivity contribution in [1.82, 2.24) is 9.88 Å². The quantitative estimate of drug-likeness (QED) is 0.483. The van der Waals surface area contributed by atoms with Gasteiger partial charge < -0.3 is 10.6 Å². The SMILES string of the molecule is Cc1nc(SCC(=O)N(CCc2ccccc2)Cc2cccs2)c(C(N)=O)c(C)c1C. The zero-order valence-corrected chi connectivity index (χ0v) is 19.7. The lowest BCUT2D eigenvalue weighted by Gasteiger charge is -2.22. The highest BCUT2D eigenvalue weighted by Gasteiger charge is 2.20. The second-order valence-electron chi connectivity index (χ2n) is 7.41. The molecule has 0 fully saturated rings. The molecule has 3 aromatic rings. The van der Waals surface area contributed by atoms with E-state index >= 15 is 0 Å². The smallest absolute Gasteiger partial charge is 0.251 e. The first-order valence-electron chi connectivity index (χ1n) is 10.1. The van der Waals surface area contributed by atoms with Crippen molar-refractivity contribution in [2.75, 3.05) is 12.3 Å². The summed E-state index contributed by atoms with van der Waals surface area (Å²) in [7, 11) is 0. The van der Waals surface area contributed by atoms with Gasteiger partial charge in [0.25, 0.3) is 5.91 Å². The van der Waals surface area contributed by atoms with E-state index in [0.717, 1.165) is 28.1 Å². The van der Waals surface area contributed by atoms with Gasteiger partial charge in [-0.05, 0) is 55.3 Å². The van der Waals surface area contributed by atoms with Crippen molar-refractivity contribution < 1.29 is 9.59 Å². The third-order valence-corrected chi connectivity index (χ3v) is 7.16. The van der Waals surface area contributed by atoms with Crippen LogP contribution < -0.4 is 5.73 Å². The van der Waals surface area contributed by atoms with Crippen LogP contribution in [-0.2, 0) is 17.8 Å². The van der Waals surface area contributed by atoms with Crippen LogP contribution in [0, 0.1) is 20.8 Å². The number of thioether (sulfide) groups is 1. The summed E-state index contributed by atoms with van der Waals surface area (Å²) < 4.78 is 0. The summed E-state index contributed by atoms with van der Waals surface area (Å²) in [4.78, 5) is 32.7. The molecule has 0 radical (unpaired) electrons. The predicted octanol–water partition coefficient (Wildman–Crippen LogP) is 4.53. The van der Waals surface area contributed by atoms with Crippen LogP contribution in [0.5, 0.6) is 0 Å². The van der Waals surface area contributed by atoms with Gasteiger partial charge in [0.1, 0.15) is 5.03 Å². The second-order valence-corrected chi connectivity index (χ2v) is 9.41. The third-order valence-electron chi connectivity index (χ3n) is 5.33. The number of pyridine rings is 1. The van der Waals surface area contributed by atoms with E-state index in [0.29, 0.717) is 23.7 Å². The Morgan fingerprint density at radius 2 is 1.81 bits per heavy atom. The monoisotopic (exact) mass is 453 g/mol. The Morgan fingerprint density at radius 1 is 1.06 bits per heavy atom. The zero-order valence-electron chi connectivity index (χ0n) is 18.1. The molecular weight excluding hydrogens is 426 g/mol. The summed E-state index contributed by atoms with van der Waals surface area (Å²) in [5.74, 6) is -0.292. The highest BCUT2D eigenvalue weighted by molar-refractivity contribution is 8.00. The topological polar surface area (TPSA) is 76.3 Å². The molecule has 0 aliphatic rings. The molecule has 0 saturated carbocycles. The molecule has 0 aliphatic carbocycles. The van der Waals surface area contributed by atoms with Crippen LogP contribution in [0.4, 0.5) is 0 Å². The van der Waals surface area contributed by atoms with Gasteiger partial charge in [-0.2, -0.15) is 0 Å². The van der Waals surface area contributed by atoms with E-state index in [2.05, 4.69) is 17.1 Å². The van der Waals surface area contributed by atoms with Gasteiger partial charge in [-0.15, -0.1) is 11.3 Å². The fourth-order valence-corrected chi connectivity index (χ4v) is 5.08. The van der Waals surface area contributed by atoms with Gasteiger partial charge in [0, 0.05) is 17.1 Å². The van der Waals surface area contributed by atoms with Gasteiger partial charge >= 0.3 is 0 Å². The largest absolute Gasteiger partial charge is 0.366 e. The highest BCUT2D eigenvalue weighted by atomic mass is 32.2. The Labute approximate surface area is 191 Å². The predicted molar refractivity (Wildman–Crippen MR) is 128 cm³/mol. The first-order valence-corrected chi connectivity index (χ1v) is 12.0. The fourth-order valence-electron chi connectivity index (χ4n) is 3.32. The number of hydrogen-bond donors (Lipinski definition) is 1. The maximum absolute atomic E-state index is 13.1. The molecule has 0 atom stereocenters. The van der Waals surface area contributed by atoms with Crippen molar-refractivity contribution in [1.29, 1.82) is 0 Å². The second kappa shape index (κ2) is 10.6. The highest BCUT2D eigenvalue weighted by Crippen LogP contribution is 2.27. The Hall–Kier alpha value is -2.64. The molecule has 2 amide bonds. The summed E-state index contributed by atoms with van der Waals surface area (Å²) >= 11 is 2.93. The van der Waals surface area contributed by atoms with Crippen molar-refractivity contribution in [2.45, 2.75) is 38.8 Å². The number of nitrogens with two attached hydrogens (primary N) is 1. The van der Waals surface area contributed by atoms with Crippen LogP contribution in [-0.4, -0.2) is 34.0 Å². The molecule has 31 heavy (non-hydrogen) atoms. The van der Waals surface area contributed by atoms with E-state index in [9.17, 15) is 9.59 Å². The molecule has 3 rings (SSSR count). The van der Waals surface area contributed by atoms with E-state index in [1.54, 1.807) is 11.3 Å². The minimum atomic E-state index is -0.512.